The van der Waals surface area contributed by atoms with E-state index in [-0.39, 0.29) is 22.5 Å². The molecule has 0 unspecified atom stereocenters. The van der Waals surface area contributed by atoms with Crippen molar-refractivity contribution in [3.05, 3.63) is 23.8 Å². The third kappa shape index (κ3) is 1.88. The molecule has 1 aromatic rings. The maximum Gasteiger partial charge on any atom is 0.489 e. The predicted molar refractivity (Wildman–Crippen MR) is 50.7 cm³/mol. The van der Waals surface area contributed by atoms with Crippen molar-refractivity contribution in [2.24, 2.45) is 0 Å². The summed E-state index contributed by atoms with van der Waals surface area (Å²) < 4.78 is 0. The van der Waals surface area contributed by atoms with Crippen molar-refractivity contribution in [1.82, 2.24) is 0 Å². The average molecular weight is 179 g/mol. The smallest absolute Gasteiger partial charge is 0.423 e. The number of hydrogen-bond donors (Lipinski definition) is 3. The van der Waals surface area contributed by atoms with Crippen molar-refractivity contribution in [3.63, 3.8) is 0 Å². The van der Waals surface area contributed by atoms with Crippen molar-refractivity contribution < 1.29 is 14.8 Å². The Morgan fingerprint density at radius 2 is 2.08 bits per heavy atom. The Morgan fingerprint density at radius 3 is 2.46 bits per heavy atom. The molecule has 0 radical (unpaired) electrons. The van der Waals surface area contributed by atoms with Gasteiger partial charge in [-0.15, -0.1) is 0 Å². The van der Waals surface area contributed by atoms with Crippen LogP contribution in [0.1, 0.15) is 17.3 Å². The first-order valence-corrected chi connectivity index (χ1v) is 3.79. The molecule has 0 spiro atoms. The van der Waals surface area contributed by atoms with Gasteiger partial charge in [0.05, 0.1) is 0 Å². The molecule has 0 amide bonds. The Balaban J connectivity index is 3.34. The normalized spacial score (nSPS) is 9.77. The number of carbonyl (C=O) groups excluding carboxylic acids is 1. The van der Waals surface area contributed by atoms with Gasteiger partial charge in [-0.3, -0.25) is 4.79 Å². The number of Topliss-reactive ketones (excluding diaryl/α,β-unsaturated/α-hetero) is 1. The van der Waals surface area contributed by atoms with E-state index >= 15 is 0 Å². The van der Waals surface area contributed by atoms with Crippen molar-refractivity contribution in [1.29, 1.82) is 0 Å². The van der Waals surface area contributed by atoms with Gasteiger partial charge in [-0.05, 0) is 18.5 Å². The molecule has 0 heterocycles. The summed E-state index contributed by atoms with van der Waals surface area (Å²) in [7, 11) is -1.66. The number of nitrogen functional groups attached to an aromatic ring is 1. The standard InChI is InChI=1S/C8H10BNO3/c1-5(11)8-6(9(12)13)3-2-4-7(8)10/h2-4,12-13H,10H2,1H3. The molecule has 0 fully saturated rings. The van der Waals surface area contributed by atoms with Crippen LogP contribution in [0.3, 0.4) is 0 Å². The molecule has 0 atom stereocenters. The highest BCUT2D eigenvalue weighted by molar-refractivity contribution is 6.60. The lowest BCUT2D eigenvalue weighted by atomic mass is 9.75. The zero-order valence-electron chi connectivity index (χ0n) is 7.19. The van der Waals surface area contributed by atoms with Crippen molar-refractivity contribution in [3.8, 4) is 0 Å². The number of hydrogen-bond acceptors (Lipinski definition) is 4. The van der Waals surface area contributed by atoms with E-state index in [1.54, 1.807) is 12.1 Å². The van der Waals surface area contributed by atoms with E-state index in [1.165, 1.54) is 13.0 Å². The number of nitrogens with two attached hydrogens (primary N) is 1. The van der Waals surface area contributed by atoms with Gasteiger partial charge in [0.1, 0.15) is 0 Å². The van der Waals surface area contributed by atoms with Gasteiger partial charge in [0.15, 0.2) is 5.78 Å². The Bertz CT molecular complexity index is 338. The third-order valence-electron chi connectivity index (χ3n) is 1.76. The highest BCUT2D eigenvalue weighted by Crippen LogP contribution is 2.09. The number of rotatable bonds is 2. The van der Waals surface area contributed by atoms with E-state index < -0.39 is 7.12 Å². The number of anilines is 1. The maximum atomic E-state index is 11.1. The summed E-state index contributed by atoms with van der Waals surface area (Å²) in [6.45, 7) is 1.33. The van der Waals surface area contributed by atoms with Crippen LogP contribution in [0, 0.1) is 0 Å². The van der Waals surface area contributed by atoms with Crippen LogP contribution in [0.2, 0.25) is 0 Å². The molecule has 4 nitrogen and oxygen atoms in total. The van der Waals surface area contributed by atoms with E-state index in [0.717, 1.165) is 0 Å². The second-order valence-electron chi connectivity index (χ2n) is 2.74. The Labute approximate surface area is 76.1 Å². The maximum absolute atomic E-state index is 11.1. The summed E-state index contributed by atoms with van der Waals surface area (Å²) in [6, 6.07) is 4.57. The van der Waals surface area contributed by atoms with Gasteiger partial charge in [0.25, 0.3) is 0 Å². The molecular formula is C8H10BNO3. The van der Waals surface area contributed by atoms with E-state index in [0.29, 0.717) is 0 Å². The van der Waals surface area contributed by atoms with Crippen LogP contribution in [0.25, 0.3) is 0 Å². The molecular weight excluding hydrogens is 169 g/mol. The second-order valence-corrected chi connectivity index (χ2v) is 2.74. The lowest BCUT2D eigenvalue weighted by molar-refractivity contribution is 0.101. The first-order valence-electron chi connectivity index (χ1n) is 3.79. The quantitative estimate of drug-likeness (QED) is 0.313. The minimum absolute atomic E-state index is 0.146. The van der Waals surface area contributed by atoms with Gasteiger partial charge in [0.2, 0.25) is 0 Å². The highest BCUT2D eigenvalue weighted by atomic mass is 16.4. The lowest BCUT2D eigenvalue weighted by Crippen LogP contribution is -2.34. The van der Waals surface area contributed by atoms with Crippen LogP contribution in [-0.2, 0) is 0 Å². The van der Waals surface area contributed by atoms with Gasteiger partial charge in [-0.1, -0.05) is 12.1 Å². The summed E-state index contributed by atoms with van der Waals surface area (Å²) in [4.78, 5) is 11.1. The zero-order chi connectivity index (χ0) is 10.0. The fourth-order valence-corrected chi connectivity index (χ4v) is 1.21. The molecule has 1 aromatic carbocycles. The third-order valence-corrected chi connectivity index (χ3v) is 1.76. The van der Waals surface area contributed by atoms with Crippen LogP contribution >= 0.6 is 0 Å². The number of benzene rings is 1. The van der Waals surface area contributed by atoms with Crippen LogP contribution in [0.5, 0.6) is 0 Å². The predicted octanol–water partition coefficient (Wildman–Crippen LogP) is -0.849. The second kappa shape index (κ2) is 3.59. The Hall–Kier alpha value is -1.33. The molecule has 0 aliphatic rings. The summed E-state index contributed by atoms with van der Waals surface area (Å²) in [5.41, 5.74) is 6.10. The molecule has 68 valence electrons. The molecule has 0 aliphatic carbocycles. The largest absolute Gasteiger partial charge is 0.489 e. The Kier molecular flexibility index (Phi) is 2.70. The average Bonchev–Trinajstić information content (AvgIpc) is 2.02. The minimum atomic E-state index is -1.66. The lowest BCUT2D eigenvalue weighted by Gasteiger charge is -2.07. The monoisotopic (exact) mass is 179 g/mol. The van der Waals surface area contributed by atoms with Gasteiger partial charge in [-0.2, -0.15) is 0 Å². The van der Waals surface area contributed by atoms with Gasteiger partial charge in [0, 0.05) is 11.3 Å². The summed E-state index contributed by atoms with van der Waals surface area (Å²) >= 11 is 0. The van der Waals surface area contributed by atoms with E-state index in [9.17, 15) is 4.79 Å². The minimum Gasteiger partial charge on any atom is -0.423 e. The first kappa shape index (κ1) is 9.76. The zero-order valence-corrected chi connectivity index (χ0v) is 7.19. The van der Waals surface area contributed by atoms with Crippen LogP contribution in [0.4, 0.5) is 5.69 Å². The van der Waals surface area contributed by atoms with Gasteiger partial charge >= 0.3 is 7.12 Å². The van der Waals surface area contributed by atoms with E-state index in [4.69, 9.17) is 15.8 Å². The van der Waals surface area contributed by atoms with Crippen molar-refractivity contribution >= 4 is 24.1 Å². The topological polar surface area (TPSA) is 83.6 Å². The fraction of sp³-hybridized carbons (Fsp3) is 0.125. The van der Waals surface area contributed by atoms with Crippen LogP contribution < -0.4 is 11.2 Å². The number of ketones is 1. The summed E-state index contributed by atoms with van der Waals surface area (Å²) in [5, 5.41) is 17.9. The van der Waals surface area contributed by atoms with Crippen LogP contribution in [-0.4, -0.2) is 22.9 Å². The van der Waals surface area contributed by atoms with Crippen molar-refractivity contribution in [2.75, 3.05) is 5.73 Å². The summed E-state index contributed by atoms with van der Waals surface area (Å²) in [6.07, 6.45) is 0. The van der Waals surface area contributed by atoms with Crippen molar-refractivity contribution in [2.45, 2.75) is 6.92 Å². The SMILES string of the molecule is CC(=O)c1c(N)cccc1B(O)O. The molecule has 0 aromatic heterocycles. The molecule has 0 bridgehead atoms. The number of carbonyl (C=O) groups is 1. The first-order chi connectivity index (χ1) is 6.04. The molecule has 1 rings (SSSR count). The molecule has 4 N–H and O–H groups in total. The molecule has 13 heavy (non-hydrogen) atoms. The highest BCUT2D eigenvalue weighted by Gasteiger charge is 2.19. The molecule has 0 saturated carbocycles. The molecule has 0 saturated heterocycles. The molecule has 0 aliphatic heterocycles. The van der Waals surface area contributed by atoms with Gasteiger partial charge < -0.3 is 15.8 Å². The molecule has 5 heteroatoms. The van der Waals surface area contributed by atoms with Gasteiger partial charge in [-0.25, -0.2) is 0 Å². The summed E-state index contributed by atoms with van der Waals surface area (Å²) in [5.74, 6) is -0.277. The Morgan fingerprint density at radius 1 is 1.46 bits per heavy atom. The van der Waals surface area contributed by atoms with E-state index in [2.05, 4.69) is 0 Å². The van der Waals surface area contributed by atoms with E-state index in [1.807, 2.05) is 0 Å². The van der Waals surface area contributed by atoms with Crippen LogP contribution in [0.15, 0.2) is 18.2 Å². The fourth-order valence-electron chi connectivity index (χ4n) is 1.21.